The number of aromatic carboxylic acids is 1. The molecule has 5 nitrogen and oxygen atoms in total. The van der Waals surface area contributed by atoms with E-state index >= 15 is 0 Å². The maximum absolute atomic E-state index is 13.8. The van der Waals surface area contributed by atoms with Crippen LogP contribution >= 0.6 is 0 Å². The van der Waals surface area contributed by atoms with E-state index in [1.165, 1.54) is 6.20 Å². The number of carboxylic acid groups (broad SMARTS) is 1. The fraction of sp³-hybridized carbons (Fsp3) is 0.286. The summed E-state index contributed by atoms with van der Waals surface area (Å²) in [6.07, 6.45) is 2.63. The van der Waals surface area contributed by atoms with Crippen LogP contribution < -0.4 is 11.2 Å². The zero-order valence-corrected chi connectivity index (χ0v) is 10.8. The second kappa shape index (κ2) is 4.06. The number of hydrogen-bond donors (Lipinski definition) is 2. The third kappa shape index (κ3) is 1.54. The van der Waals surface area contributed by atoms with Crippen LogP contribution in [0.2, 0.25) is 0 Å². The lowest BCUT2D eigenvalue weighted by atomic mass is 9.94. The molecule has 3 N–H and O–H groups in total. The first-order valence-corrected chi connectivity index (χ1v) is 6.30. The van der Waals surface area contributed by atoms with E-state index in [1.807, 2.05) is 6.92 Å². The van der Waals surface area contributed by atoms with Crippen LogP contribution in [0.3, 0.4) is 0 Å². The zero-order chi connectivity index (χ0) is 14.6. The molecule has 0 amide bonds. The van der Waals surface area contributed by atoms with E-state index in [9.17, 15) is 14.0 Å². The van der Waals surface area contributed by atoms with Gasteiger partial charge in [-0.3, -0.25) is 4.79 Å². The average Bonchev–Trinajstić information content (AvgIpc) is 2.39. The minimum absolute atomic E-state index is 0.0357. The van der Waals surface area contributed by atoms with Gasteiger partial charge >= 0.3 is 5.97 Å². The molecule has 1 atom stereocenters. The van der Waals surface area contributed by atoms with Crippen LogP contribution in [0.25, 0.3) is 10.9 Å². The van der Waals surface area contributed by atoms with Gasteiger partial charge in [0.1, 0.15) is 11.4 Å². The third-order valence-electron chi connectivity index (χ3n) is 3.93. The molecule has 0 bridgehead atoms. The van der Waals surface area contributed by atoms with Gasteiger partial charge in [-0.25, -0.2) is 9.18 Å². The highest BCUT2D eigenvalue weighted by atomic mass is 19.1. The SMILES string of the molecule is CC1CCc2c(N)c(F)cc3c(=O)c(C(=O)O)cn1c23. The topological polar surface area (TPSA) is 85.3 Å². The van der Waals surface area contributed by atoms with Crippen LogP contribution in [0, 0.1) is 5.82 Å². The highest BCUT2D eigenvalue weighted by molar-refractivity contribution is 5.95. The number of nitrogen functional groups attached to an aromatic ring is 1. The summed E-state index contributed by atoms with van der Waals surface area (Å²) in [5.41, 5.74) is 5.92. The molecule has 0 radical (unpaired) electrons. The zero-order valence-electron chi connectivity index (χ0n) is 10.8. The molecule has 1 aliphatic rings. The van der Waals surface area contributed by atoms with E-state index in [0.717, 1.165) is 12.5 Å². The Morgan fingerprint density at radius 2 is 2.25 bits per heavy atom. The van der Waals surface area contributed by atoms with Gasteiger partial charge in [-0.15, -0.1) is 0 Å². The van der Waals surface area contributed by atoms with Crippen LogP contribution in [0.4, 0.5) is 10.1 Å². The van der Waals surface area contributed by atoms with Crippen LogP contribution in [-0.2, 0) is 6.42 Å². The quantitative estimate of drug-likeness (QED) is 0.779. The Morgan fingerprint density at radius 3 is 2.90 bits per heavy atom. The normalized spacial score (nSPS) is 17.4. The molecule has 0 fully saturated rings. The summed E-state index contributed by atoms with van der Waals surface area (Å²) < 4.78 is 15.6. The van der Waals surface area contributed by atoms with Crippen molar-refractivity contribution in [3.8, 4) is 0 Å². The predicted molar refractivity (Wildman–Crippen MR) is 72.6 cm³/mol. The molecule has 1 aromatic carbocycles. The number of nitrogens with two attached hydrogens (primary N) is 1. The number of nitrogens with zero attached hydrogens (tertiary/aromatic N) is 1. The smallest absolute Gasteiger partial charge is 0.341 e. The van der Waals surface area contributed by atoms with Crippen molar-refractivity contribution in [3.05, 3.63) is 39.4 Å². The molecule has 0 saturated carbocycles. The molecule has 20 heavy (non-hydrogen) atoms. The number of anilines is 1. The summed E-state index contributed by atoms with van der Waals surface area (Å²) in [5, 5.41) is 9.19. The van der Waals surface area contributed by atoms with Gasteiger partial charge < -0.3 is 15.4 Å². The Bertz CT molecular complexity index is 810. The number of rotatable bonds is 1. The summed E-state index contributed by atoms with van der Waals surface area (Å²) in [5.74, 6) is -1.98. The van der Waals surface area contributed by atoms with Crippen LogP contribution in [-0.4, -0.2) is 15.6 Å². The van der Waals surface area contributed by atoms with E-state index in [-0.39, 0.29) is 22.7 Å². The minimum Gasteiger partial charge on any atom is -0.477 e. The first-order valence-electron chi connectivity index (χ1n) is 6.30. The van der Waals surface area contributed by atoms with Gasteiger partial charge in [0, 0.05) is 23.2 Å². The first kappa shape index (κ1) is 12.7. The number of halogens is 1. The maximum Gasteiger partial charge on any atom is 0.341 e. The Hall–Kier alpha value is -2.37. The largest absolute Gasteiger partial charge is 0.477 e. The van der Waals surface area contributed by atoms with E-state index < -0.39 is 17.2 Å². The van der Waals surface area contributed by atoms with E-state index in [0.29, 0.717) is 17.5 Å². The lowest BCUT2D eigenvalue weighted by molar-refractivity contribution is 0.0694. The van der Waals surface area contributed by atoms with Gasteiger partial charge in [0.2, 0.25) is 5.43 Å². The van der Waals surface area contributed by atoms with Gasteiger partial charge in [0.25, 0.3) is 0 Å². The molecule has 1 unspecified atom stereocenters. The van der Waals surface area contributed by atoms with Crippen molar-refractivity contribution in [2.24, 2.45) is 0 Å². The van der Waals surface area contributed by atoms with Crippen molar-refractivity contribution in [1.29, 1.82) is 0 Å². The van der Waals surface area contributed by atoms with Crippen molar-refractivity contribution >= 4 is 22.6 Å². The number of hydrogen-bond acceptors (Lipinski definition) is 3. The highest BCUT2D eigenvalue weighted by Gasteiger charge is 2.25. The molecular weight excluding hydrogens is 263 g/mol. The van der Waals surface area contributed by atoms with E-state index in [2.05, 4.69) is 0 Å². The summed E-state index contributed by atoms with van der Waals surface area (Å²) in [6.45, 7) is 1.93. The first-order chi connectivity index (χ1) is 9.41. The molecule has 2 aromatic rings. The van der Waals surface area contributed by atoms with Crippen molar-refractivity contribution in [2.45, 2.75) is 25.8 Å². The summed E-state index contributed by atoms with van der Waals surface area (Å²) in [7, 11) is 0. The molecule has 104 valence electrons. The van der Waals surface area contributed by atoms with Gasteiger partial charge in [0.15, 0.2) is 0 Å². The molecule has 0 aliphatic carbocycles. The Balaban J connectivity index is 2.57. The molecule has 6 heteroatoms. The molecule has 3 rings (SSSR count). The Labute approximate surface area is 113 Å². The maximum atomic E-state index is 13.8. The number of pyridine rings is 1. The standard InChI is InChI=1S/C14H13FN2O3/c1-6-2-3-7-11(16)10(15)4-8-12(7)17(6)5-9(13(8)18)14(19)20/h4-6H,2-3,16H2,1H3,(H,19,20). The molecule has 1 aromatic heterocycles. The van der Waals surface area contributed by atoms with E-state index in [1.54, 1.807) is 4.57 Å². The second-order valence-corrected chi connectivity index (χ2v) is 5.12. The molecule has 0 saturated heterocycles. The minimum atomic E-state index is -1.31. The average molecular weight is 276 g/mol. The van der Waals surface area contributed by atoms with Crippen molar-refractivity contribution in [1.82, 2.24) is 4.57 Å². The van der Waals surface area contributed by atoms with Gasteiger partial charge in [0.05, 0.1) is 11.2 Å². The molecular formula is C14H13FN2O3. The van der Waals surface area contributed by atoms with Crippen molar-refractivity contribution < 1.29 is 14.3 Å². The number of aryl methyl sites for hydroxylation is 1. The fourth-order valence-electron chi connectivity index (χ4n) is 2.83. The Kier molecular flexibility index (Phi) is 2.57. The van der Waals surface area contributed by atoms with Crippen LogP contribution in [0.15, 0.2) is 17.1 Å². The number of aromatic nitrogens is 1. The molecule has 0 spiro atoms. The predicted octanol–water partition coefficient (Wildman–Crippen LogP) is 1.93. The lowest BCUT2D eigenvalue weighted by Crippen LogP contribution is -2.24. The number of benzene rings is 1. The van der Waals surface area contributed by atoms with Crippen LogP contribution in [0.1, 0.15) is 35.3 Å². The summed E-state index contributed by atoms with van der Waals surface area (Å²) in [6, 6.07) is 1.07. The number of carboxylic acids is 1. The Morgan fingerprint density at radius 1 is 1.55 bits per heavy atom. The highest BCUT2D eigenvalue weighted by Crippen LogP contribution is 2.34. The third-order valence-corrected chi connectivity index (χ3v) is 3.93. The van der Waals surface area contributed by atoms with Crippen LogP contribution in [0.5, 0.6) is 0 Å². The molecule has 1 aliphatic heterocycles. The fourth-order valence-corrected chi connectivity index (χ4v) is 2.83. The molecule has 2 heterocycles. The summed E-state index contributed by atoms with van der Waals surface area (Å²) in [4.78, 5) is 23.3. The van der Waals surface area contributed by atoms with E-state index in [4.69, 9.17) is 10.8 Å². The second-order valence-electron chi connectivity index (χ2n) is 5.12. The summed E-state index contributed by atoms with van der Waals surface area (Å²) >= 11 is 0. The van der Waals surface area contributed by atoms with Crippen molar-refractivity contribution in [3.63, 3.8) is 0 Å². The van der Waals surface area contributed by atoms with Gasteiger partial charge in [-0.1, -0.05) is 0 Å². The van der Waals surface area contributed by atoms with Crippen molar-refractivity contribution in [2.75, 3.05) is 5.73 Å². The number of carbonyl (C=O) groups is 1. The van der Waals surface area contributed by atoms with Gasteiger partial charge in [-0.2, -0.15) is 0 Å². The lowest BCUT2D eigenvalue weighted by Gasteiger charge is -2.27. The van der Waals surface area contributed by atoms with Gasteiger partial charge in [-0.05, 0) is 25.8 Å². The monoisotopic (exact) mass is 276 g/mol.